The zero-order valence-corrected chi connectivity index (χ0v) is 20.0. The number of aromatic nitrogens is 3. The second-order valence-corrected chi connectivity index (χ2v) is 10.6. The number of nitrogens with one attached hydrogen (secondary N) is 1. The Balaban J connectivity index is 1.12. The third kappa shape index (κ3) is 4.10. The second-order valence-electron chi connectivity index (χ2n) is 9.61. The molecular weight excluding hydrogens is 450 g/mol. The number of amides is 1. The van der Waals surface area contributed by atoms with Gasteiger partial charge in [0, 0.05) is 31.0 Å². The van der Waals surface area contributed by atoms with Crippen molar-refractivity contribution < 1.29 is 9.53 Å². The van der Waals surface area contributed by atoms with Crippen LogP contribution in [-0.2, 0) is 17.6 Å². The molecule has 3 aliphatic rings. The number of aryl methyl sites for hydroxylation is 2. The number of hydrogen-bond donors (Lipinski definition) is 3. The predicted octanol–water partition coefficient (Wildman–Crippen LogP) is 1.96. The summed E-state index contributed by atoms with van der Waals surface area (Å²) < 4.78 is 6.07. The van der Waals surface area contributed by atoms with Crippen LogP contribution in [0.2, 0.25) is 0 Å². The Kier molecular flexibility index (Phi) is 5.39. The van der Waals surface area contributed by atoms with Crippen LogP contribution in [0, 0.1) is 6.92 Å². The van der Waals surface area contributed by atoms with Gasteiger partial charge in [-0.3, -0.25) is 4.79 Å². The molecule has 34 heavy (non-hydrogen) atoms. The maximum Gasteiger partial charge on any atom is 0.263 e. The van der Waals surface area contributed by atoms with Gasteiger partial charge in [0.25, 0.3) is 5.91 Å². The van der Waals surface area contributed by atoms with Crippen molar-refractivity contribution in [3.63, 3.8) is 0 Å². The van der Waals surface area contributed by atoms with E-state index in [-0.39, 0.29) is 24.1 Å². The molecule has 0 bridgehead atoms. The molecule has 0 aromatic carbocycles. The van der Waals surface area contributed by atoms with Crippen LogP contribution < -0.4 is 21.7 Å². The summed E-state index contributed by atoms with van der Waals surface area (Å²) in [6, 6.07) is 4.28. The Hall–Kier alpha value is -2.82. The Morgan fingerprint density at radius 1 is 1.24 bits per heavy atom. The number of ether oxygens (including phenoxy) is 1. The van der Waals surface area contributed by atoms with Crippen molar-refractivity contribution in [2.45, 2.75) is 63.3 Å². The van der Waals surface area contributed by atoms with Gasteiger partial charge in [0.2, 0.25) is 0 Å². The van der Waals surface area contributed by atoms with Gasteiger partial charge in [0.15, 0.2) is 0 Å². The van der Waals surface area contributed by atoms with E-state index in [1.165, 1.54) is 16.9 Å². The lowest BCUT2D eigenvalue weighted by Crippen LogP contribution is -2.39. The second kappa shape index (κ2) is 8.44. The number of rotatable bonds is 5. The molecule has 3 unspecified atom stereocenters. The van der Waals surface area contributed by atoms with E-state index < -0.39 is 0 Å². The predicted molar refractivity (Wildman–Crippen MR) is 132 cm³/mol. The van der Waals surface area contributed by atoms with Crippen molar-refractivity contribution in [3.8, 4) is 0 Å². The first-order valence-corrected chi connectivity index (χ1v) is 12.7. The first kappa shape index (κ1) is 21.7. The van der Waals surface area contributed by atoms with E-state index in [9.17, 15) is 4.79 Å². The lowest BCUT2D eigenvalue weighted by atomic mass is 9.91. The van der Waals surface area contributed by atoms with Crippen molar-refractivity contribution in [2.75, 3.05) is 23.7 Å². The highest BCUT2D eigenvalue weighted by molar-refractivity contribution is 7.21. The van der Waals surface area contributed by atoms with Gasteiger partial charge in [-0.25, -0.2) is 15.0 Å². The number of carbonyl (C=O) groups is 1. The first-order valence-electron chi connectivity index (χ1n) is 11.9. The molecule has 0 radical (unpaired) electrons. The van der Waals surface area contributed by atoms with E-state index in [2.05, 4.69) is 32.3 Å². The van der Waals surface area contributed by atoms with Gasteiger partial charge < -0.3 is 26.4 Å². The molecule has 3 atom stereocenters. The smallest absolute Gasteiger partial charge is 0.263 e. The average Bonchev–Trinajstić information content (AvgIpc) is 3.48. The molecule has 4 heterocycles. The number of nitrogens with two attached hydrogens (primary N) is 2. The largest absolute Gasteiger partial charge is 0.397 e. The first-order chi connectivity index (χ1) is 16.4. The molecule has 3 aromatic heterocycles. The summed E-state index contributed by atoms with van der Waals surface area (Å²) in [4.78, 5) is 30.0. The van der Waals surface area contributed by atoms with Crippen molar-refractivity contribution in [3.05, 3.63) is 40.3 Å². The van der Waals surface area contributed by atoms with Crippen LogP contribution in [0.25, 0.3) is 10.2 Å². The Bertz CT molecular complexity index is 1260. The molecule has 6 rings (SSSR count). The molecule has 3 aromatic rings. The maximum absolute atomic E-state index is 13.0. The summed E-state index contributed by atoms with van der Waals surface area (Å²) in [7, 11) is 0. The molecule has 9 nitrogen and oxygen atoms in total. The van der Waals surface area contributed by atoms with Gasteiger partial charge in [0.1, 0.15) is 21.3 Å². The average molecular weight is 480 g/mol. The summed E-state index contributed by atoms with van der Waals surface area (Å²) in [5.41, 5.74) is 15.3. The van der Waals surface area contributed by atoms with Crippen LogP contribution in [0.15, 0.2) is 18.3 Å². The summed E-state index contributed by atoms with van der Waals surface area (Å²) in [5, 5.41) is 3.90. The summed E-state index contributed by atoms with van der Waals surface area (Å²) >= 11 is 1.32. The van der Waals surface area contributed by atoms with Crippen LogP contribution in [0.4, 0.5) is 11.5 Å². The fourth-order valence-electron chi connectivity index (χ4n) is 4.89. The normalized spacial score (nSPS) is 24.4. The summed E-state index contributed by atoms with van der Waals surface area (Å²) in [6.45, 7) is 3.39. The van der Waals surface area contributed by atoms with Crippen molar-refractivity contribution >= 4 is 39.0 Å². The maximum atomic E-state index is 13.0. The van der Waals surface area contributed by atoms with Crippen LogP contribution >= 0.6 is 11.3 Å². The van der Waals surface area contributed by atoms with Gasteiger partial charge in [0.05, 0.1) is 29.3 Å². The fraction of sp³-hybridized carbons (Fsp3) is 0.500. The number of hydrogen-bond acceptors (Lipinski definition) is 9. The summed E-state index contributed by atoms with van der Waals surface area (Å²) in [6.07, 6.45) is 6.90. The van der Waals surface area contributed by atoms with Gasteiger partial charge in [-0.15, -0.1) is 11.3 Å². The van der Waals surface area contributed by atoms with E-state index in [4.69, 9.17) is 21.2 Å². The minimum atomic E-state index is -0.149. The van der Waals surface area contributed by atoms with Crippen molar-refractivity contribution in [1.82, 2.24) is 20.3 Å². The monoisotopic (exact) mass is 479 g/mol. The number of anilines is 2. The minimum Gasteiger partial charge on any atom is -0.397 e. The topological polar surface area (TPSA) is 132 Å². The lowest BCUT2D eigenvalue weighted by Gasteiger charge is -2.26. The third-order valence-electron chi connectivity index (χ3n) is 6.92. The molecule has 0 spiro atoms. The van der Waals surface area contributed by atoms with E-state index in [1.54, 1.807) is 6.20 Å². The van der Waals surface area contributed by atoms with E-state index in [1.807, 2.05) is 6.92 Å². The van der Waals surface area contributed by atoms with Gasteiger partial charge in [-0.05, 0) is 50.7 Å². The van der Waals surface area contributed by atoms with E-state index in [0.717, 1.165) is 66.9 Å². The molecule has 10 heteroatoms. The van der Waals surface area contributed by atoms with Gasteiger partial charge in [-0.2, -0.15) is 0 Å². The molecule has 178 valence electrons. The zero-order valence-electron chi connectivity index (χ0n) is 19.2. The molecule has 1 aliphatic heterocycles. The molecule has 2 aliphatic carbocycles. The molecule has 1 amide bonds. The van der Waals surface area contributed by atoms with Gasteiger partial charge in [-0.1, -0.05) is 6.07 Å². The number of fused-ring (bicyclic) bond motifs is 2. The Morgan fingerprint density at radius 3 is 2.91 bits per heavy atom. The third-order valence-corrected chi connectivity index (χ3v) is 8.04. The highest BCUT2D eigenvalue weighted by Crippen LogP contribution is 2.33. The highest BCUT2D eigenvalue weighted by Gasteiger charge is 2.36. The minimum absolute atomic E-state index is 0.0225. The van der Waals surface area contributed by atoms with Crippen molar-refractivity contribution in [2.24, 2.45) is 5.73 Å². The zero-order chi connectivity index (χ0) is 23.4. The van der Waals surface area contributed by atoms with Crippen LogP contribution in [0.5, 0.6) is 0 Å². The number of pyridine rings is 1. The number of nitrogen functional groups attached to an aromatic ring is 1. The van der Waals surface area contributed by atoms with Crippen LogP contribution in [0.1, 0.15) is 46.0 Å². The Morgan fingerprint density at radius 2 is 2.09 bits per heavy atom. The molecule has 2 fully saturated rings. The number of carbonyl (C=O) groups excluding carboxylic acids is 1. The summed E-state index contributed by atoms with van der Waals surface area (Å²) in [5.74, 6) is 1.48. The molecular formula is C24H29N7O2S. The van der Waals surface area contributed by atoms with Crippen LogP contribution in [0.3, 0.4) is 0 Å². The molecule has 5 N–H and O–H groups in total. The Labute approximate surface area is 201 Å². The molecule has 1 saturated carbocycles. The SMILES string of the molecule is Cc1ncc2c(N)c(C(=O)NC3CCc4nc(N5CC(N)C(OC6CC6)C5)ccc4C3)sc2n1. The fourth-order valence-corrected chi connectivity index (χ4v) is 5.90. The highest BCUT2D eigenvalue weighted by atomic mass is 32.1. The van der Waals surface area contributed by atoms with E-state index in [0.29, 0.717) is 22.5 Å². The number of thiophene rings is 1. The lowest BCUT2D eigenvalue weighted by molar-refractivity contribution is 0.0449. The van der Waals surface area contributed by atoms with Crippen LogP contribution in [-0.4, -0.2) is 58.2 Å². The van der Waals surface area contributed by atoms with Gasteiger partial charge >= 0.3 is 0 Å². The van der Waals surface area contributed by atoms with E-state index >= 15 is 0 Å². The standard InChI is InChI=1S/C24H29N7O2S/c1-12-27-9-16-21(26)22(34-24(16)28-12)23(32)29-14-3-6-18-13(8-14)2-7-20(30-18)31-10-17(25)19(11-31)33-15-4-5-15/h2,7,9,14-15,17,19H,3-6,8,10-11,25-26H2,1H3,(H,29,32). The quantitative estimate of drug-likeness (QED) is 0.506. The molecule has 1 saturated heterocycles. The van der Waals surface area contributed by atoms with Crippen molar-refractivity contribution in [1.29, 1.82) is 0 Å². The number of nitrogens with zero attached hydrogens (tertiary/aromatic N) is 4.